The number of nitrogens with zero attached hydrogens (tertiary/aromatic N) is 1. The highest BCUT2D eigenvalue weighted by Crippen LogP contribution is 2.18. The second kappa shape index (κ2) is 11.2. The first-order chi connectivity index (χ1) is 12.8. The first-order valence-electron chi connectivity index (χ1n) is 9.55. The van der Waals surface area contributed by atoms with Crippen LogP contribution in [0.15, 0.2) is 35.5 Å². The Morgan fingerprint density at radius 3 is 2.74 bits per heavy atom. The summed E-state index contributed by atoms with van der Waals surface area (Å²) >= 11 is 0. The third kappa shape index (κ3) is 6.41. The molecule has 6 nitrogen and oxygen atoms in total. The Balaban J connectivity index is 0.00000261. The standard InChI is InChI=1S/C20H29N5O.HI/c1-21-20(24-14-19(26)25-16-7-3-2-4-8-16)22-12-11-15-13-23-18-10-6-5-9-17(15)18;/h5-6,9-10,13,16,23H,2-4,7-8,11-12,14H2,1H3,(H,25,26)(H2,21,22,24);1H. The van der Waals surface area contributed by atoms with Crippen molar-refractivity contribution >= 4 is 46.7 Å². The van der Waals surface area contributed by atoms with Gasteiger partial charge in [-0.25, -0.2) is 0 Å². The van der Waals surface area contributed by atoms with Gasteiger partial charge in [0.1, 0.15) is 0 Å². The molecule has 148 valence electrons. The first kappa shape index (κ1) is 21.5. The SMILES string of the molecule is CN=C(NCCc1c[nH]c2ccccc12)NCC(=O)NC1CCCCC1.I. The Bertz CT molecular complexity index is 752. The minimum Gasteiger partial charge on any atom is -0.361 e. The molecular formula is C20H30IN5O. The van der Waals surface area contributed by atoms with Gasteiger partial charge in [0.05, 0.1) is 6.54 Å². The lowest BCUT2D eigenvalue weighted by atomic mass is 9.95. The van der Waals surface area contributed by atoms with Gasteiger partial charge in [-0.1, -0.05) is 37.5 Å². The van der Waals surface area contributed by atoms with E-state index < -0.39 is 0 Å². The predicted octanol–water partition coefficient (Wildman–Crippen LogP) is 2.94. The zero-order valence-corrected chi connectivity index (χ0v) is 18.2. The summed E-state index contributed by atoms with van der Waals surface area (Å²) in [5, 5.41) is 10.7. The molecule has 0 bridgehead atoms. The van der Waals surface area contributed by atoms with Crippen molar-refractivity contribution < 1.29 is 4.79 Å². The molecule has 1 aromatic carbocycles. The zero-order valence-electron chi connectivity index (χ0n) is 15.9. The number of aliphatic imine (C=N–C) groups is 1. The number of amides is 1. The van der Waals surface area contributed by atoms with Crippen molar-refractivity contribution in [3.63, 3.8) is 0 Å². The van der Waals surface area contributed by atoms with E-state index in [9.17, 15) is 4.79 Å². The summed E-state index contributed by atoms with van der Waals surface area (Å²) < 4.78 is 0. The molecule has 1 saturated carbocycles. The number of carbonyl (C=O) groups excluding carboxylic acids is 1. The molecular weight excluding hydrogens is 453 g/mol. The van der Waals surface area contributed by atoms with Gasteiger partial charge in [0, 0.05) is 36.7 Å². The van der Waals surface area contributed by atoms with Crippen LogP contribution in [0.1, 0.15) is 37.7 Å². The Hall–Kier alpha value is -1.77. The van der Waals surface area contributed by atoms with Gasteiger partial charge in [-0.15, -0.1) is 24.0 Å². The molecule has 4 N–H and O–H groups in total. The van der Waals surface area contributed by atoms with Gasteiger partial charge in [-0.3, -0.25) is 9.79 Å². The van der Waals surface area contributed by atoms with Crippen LogP contribution in [0.5, 0.6) is 0 Å². The third-order valence-corrected chi connectivity index (χ3v) is 4.97. The summed E-state index contributed by atoms with van der Waals surface area (Å²) in [7, 11) is 1.72. The van der Waals surface area contributed by atoms with Crippen LogP contribution in [0.25, 0.3) is 10.9 Å². The summed E-state index contributed by atoms with van der Waals surface area (Å²) in [5.41, 5.74) is 2.43. The molecule has 0 aliphatic heterocycles. The van der Waals surface area contributed by atoms with E-state index in [4.69, 9.17) is 0 Å². The van der Waals surface area contributed by atoms with Crippen LogP contribution in [0, 0.1) is 0 Å². The average Bonchev–Trinajstić information content (AvgIpc) is 3.08. The summed E-state index contributed by atoms with van der Waals surface area (Å²) in [6, 6.07) is 8.64. The number of para-hydroxylation sites is 1. The molecule has 1 fully saturated rings. The smallest absolute Gasteiger partial charge is 0.239 e. The van der Waals surface area contributed by atoms with Gasteiger partial charge in [-0.05, 0) is 30.9 Å². The topological polar surface area (TPSA) is 81.3 Å². The highest BCUT2D eigenvalue weighted by molar-refractivity contribution is 14.0. The average molecular weight is 483 g/mol. The highest BCUT2D eigenvalue weighted by atomic mass is 127. The minimum absolute atomic E-state index is 0. The molecule has 1 aliphatic carbocycles. The number of H-pyrrole nitrogens is 1. The maximum Gasteiger partial charge on any atom is 0.239 e. The van der Waals surface area contributed by atoms with Crippen molar-refractivity contribution in [2.45, 2.75) is 44.6 Å². The van der Waals surface area contributed by atoms with Crippen molar-refractivity contribution in [1.29, 1.82) is 0 Å². The molecule has 1 amide bonds. The Morgan fingerprint density at radius 2 is 1.96 bits per heavy atom. The molecule has 27 heavy (non-hydrogen) atoms. The number of fused-ring (bicyclic) bond motifs is 1. The maximum absolute atomic E-state index is 12.1. The fourth-order valence-corrected chi connectivity index (χ4v) is 3.56. The Kier molecular flexibility index (Phi) is 8.90. The molecule has 2 aromatic rings. The molecule has 0 radical (unpaired) electrons. The maximum atomic E-state index is 12.1. The lowest BCUT2D eigenvalue weighted by Crippen LogP contribution is -2.46. The number of aromatic nitrogens is 1. The Morgan fingerprint density at radius 1 is 1.19 bits per heavy atom. The van der Waals surface area contributed by atoms with Gasteiger partial charge in [0.15, 0.2) is 5.96 Å². The van der Waals surface area contributed by atoms with Crippen molar-refractivity contribution in [2.75, 3.05) is 20.1 Å². The van der Waals surface area contributed by atoms with E-state index in [1.165, 1.54) is 30.2 Å². The van der Waals surface area contributed by atoms with Crippen LogP contribution in [-0.4, -0.2) is 43.0 Å². The van der Waals surface area contributed by atoms with Gasteiger partial charge >= 0.3 is 0 Å². The fourth-order valence-electron chi connectivity index (χ4n) is 3.56. The molecule has 0 spiro atoms. The lowest BCUT2D eigenvalue weighted by Gasteiger charge is -2.23. The molecule has 0 saturated heterocycles. The van der Waals surface area contributed by atoms with Crippen molar-refractivity contribution in [1.82, 2.24) is 20.9 Å². The molecule has 0 atom stereocenters. The molecule has 0 unspecified atom stereocenters. The molecule has 1 aromatic heterocycles. The predicted molar refractivity (Wildman–Crippen MR) is 122 cm³/mol. The quantitative estimate of drug-likeness (QED) is 0.290. The number of aromatic amines is 1. The lowest BCUT2D eigenvalue weighted by molar-refractivity contribution is -0.120. The summed E-state index contributed by atoms with van der Waals surface area (Å²) in [5.74, 6) is 0.695. The van der Waals surface area contributed by atoms with E-state index in [2.05, 4.69) is 50.3 Å². The number of hydrogen-bond donors (Lipinski definition) is 4. The van der Waals surface area contributed by atoms with Crippen LogP contribution in [0.4, 0.5) is 0 Å². The van der Waals surface area contributed by atoms with E-state index in [1.54, 1.807) is 7.05 Å². The van der Waals surface area contributed by atoms with Crippen molar-refractivity contribution in [3.8, 4) is 0 Å². The summed E-state index contributed by atoms with van der Waals surface area (Å²) in [6.07, 6.45) is 8.87. The van der Waals surface area contributed by atoms with Gasteiger partial charge in [-0.2, -0.15) is 0 Å². The number of benzene rings is 1. The first-order valence-corrected chi connectivity index (χ1v) is 9.55. The van der Waals surface area contributed by atoms with E-state index in [-0.39, 0.29) is 36.4 Å². The fraction of sp³-hybridized carbons (Fsp3) is 0.500. The van der Waals surface area contributed by atoms with Crippen LogP contribution < -0.4 is 16.0 Å². The van der Waals surface area contributed by atoms with E-state index in [0.717, 1.165) is 31.3 Å². The highest BCUT2D eigenvalue weighted by Gasteiger charge is 2.15. The largest absolute Gasteiger partial charge is 0.361 e. The molecule has 7 heteroatoms. The number of halogens is 1. The van der Waals surface area contributed by atoms with E-state index in [1.807, 2.05) is 6.07 Å². The summed E-state index contributed by atoms with van der Waals surface area (Å²) in [4.78, 5) is 19.6. The number of nitrogens with one attached hydrogen (secondary N) is 4. The van der Waals surface area contributed by atoms with Crippen molar-refractivity contribution in [3.05, 3.63) is 36.0 Å². The van der Waals surface area contributed by atoms with Gasteiger partial charge in [0.25, 0.3) is 0 Å². The Labute approximate surface area is 178 Å². The summed E-state index contributed by atoms with van der Waals surface area (Å²) in [6.45, 7) is 1.01. The zero-order chi connectivity index (χ0) is 18.2. The van der Waals surface area contributed by atoms with Crippen LogP contribution >= 0.6 is 24.0 Å². The number of hydrogen-bond acceptors (Lipinski definition) is 2. The monoisotopic (exact) mass is 483 g/mol. The molecule has 1 aliphatic rings. The minimum atomic E-state index is 0. The normalized spacial score (nSPS) is 15.2. The van der Waals surface area contributed by atoms with Crippen LogP contribution in [0.3, 0.4) is 0 Å². The van der Waals surface area contributed by atoms with E-state index in [0.29, 0.717) is 12.0 Å². The number of rotatable bonds is 6. The second-order valence-corrected chi connectivity index (χ2v) is 6.86. The number of guanidine groups is 1. The third-order valence-electron chi connectivity index (χ3n) is 4.97. The van der Waals surface area contributed by atoms with Crippen molar-refractivity contribution in [2.24, 2.45) is 4.99 Å². The van der Waals surface area contributed by atoms with Gasteiger partial charge < -0.3 is 20.9 Å². The van der Waals surface area contributed by atoms with Crippen LogP contribution in [-0.2, 0) is 11.2 Å². The molecule has 1 heterocycles. The molecule has 3 rings (SSSR count). The second-order valence-electron chi connectivity index (χ2n) is 6.86. The van der Waals surface area contributed by atoms with E-state index >= 15 is 0 Å². The van der Waals surface area contributed by atoms with Crippen LogP contribution in [0.2, 0.25) is 0 Å². The van der Waals surface area contributed by atoms with Gasteiger partial charge in [0.2, 0.25) is 5.91 Å². The number of carbonyl (C=O) groups is 1.